The molecule has 0 spiro atoms. The van der Waals surface area contributed by atoms with Crippen molar-refractivity contribution >= 4 is 27.1 Å². The maximum Gasteiger partial charge on any atom is 0.0591 e. The maximum atomic E-state index is 5.75. The molecule has 0 radical (unpaired) electrons. The Hall–Kier alpha value is -1.09. The molecule has 0 aromatic carbocycles. The van der Waals surface area contributed by atoms with Gasteiger partial charge in [-0.1, -0.05) is 0 Å². The van der Waals surface area contributed by atoms with Gasteiger partial charge in [0.1, 0.15) is 0 Å². The number of rotatable bonds is 0. The Morgan fingerprint density at radius 3 is 3.00 bits per heavy atom. The molecule has 0 atom stereocenters. The quantitative estimate of drug-likeness (QED) is 0.648. The Kier molecular flexibility index (Phi) is 1.32. The molecule has 2 aromatic heterocycles. The van der Waals surface area contributed by atoms with Crippen molar-refractivity contribution in [1.82, 2.24) is 4.98 Å². The summed E-state index contributed by atoms with van der Waals surface area (Å²) >= 11 is 1.69. The van der Waals surface area contributed by atoms with Crippen LogP contribution in [0.15, 0.2) is 17.8 Å². The van der Waals surface area contributed by atoms with E-state index in [-0.39, 0.29) is 0 Å². The van der Waals surface area contributed by atoms with Crippen LogP contribution in [-0.4, -0.2) is 4.98 Å². The minimum Gasteiger partial charge on any atom is -0.397 e. The Morgan fingerprint density at radius 1 is 1.45 bits per heavy atom. The molecule has 0 unspecified atom stereocenters. The molecule has 3 heteroatoms. The van der Waals surface area contributed by atoms with Gasteiger partial charge in [-0.3, -0.25) is 4.98 Å². The lowest BCUT2D eigenvalue weighted by atomic mass is 10.2. The third-order valence-corrected chi connectivity index (χ3v) is 2.73. The Balaban J connectivity index is 2.96. The Morgan fingerprint density at radius 2 is 2.27 bits per heavy atom. The molecule has 2 nitrogen and oxygen atoms in total. The van der Waals surface area contributed by atoms with E-state index in [2.05, 4.69) is 17.3 Å². The zero-order valence-corrected chi connectivity index (χ0v) is 6.98. The van der Waals surface area contributed by atoms with Crippen LogP contribution in [0.5, 0.6) is 0 Å². The average Bonchev–Trinajstić information content (AvgIpc) is 2.34. The van der Waals surface area contributed by atoms with Crippen molar-refractivity contribution in [3.8, 4) is 0 Å². The van der Waals surface area contributed by atoms with Crippen molar-refractivity contribution in [2.24, 2.45) is 0 Å². The minimum absolute atomic E-state index is 0.779. The van der Waals surface area contributed by atoms with E-state index in [0.29, 0.717) is 0 Å². The molecule has 56 valence electrons. The summed E-state index contributed by atoms with van der Waals surface area (Å²) in [7, 11) is 0. The number of hydrogen-bond donors (Lipinski definition) is 1. The summed E-state index contributed by atoms with van der Waals surface area (Å²) in [5.41, 5.74) is 7.77. The van der Waals surface area contributed by atoms with Gasteiger partial charge in [0.2, 0.25) is 0 Å². The molecule has 0 aliphatic carbocycles. The summed E-state index contributed by atoms with van der Waals surface area (Å²) in [5, 5.41) is 3.26. The fraction of sp³-hybridized carbons (Fsp3) is 0.125. The number of nitrogens with zero attached hydrogens (tertiary/aromatic N) is 1. The summed E-state index contributed by atoms with van der Waals surface area (Å²) in [6.45, 7) is 2.06. The van der Waals surface area contributed by atoms with E-state index in [0.717, 1.165) is 11.1 Å². The second-order valence-electron chi connectivity index (χ2n) is 2.52. The first-order valence-corrected chi connectivity index (χ1v) is 4.24. The zero-order chi connectivity index (χ0) is 7.84. The number of anilines is 1. The van der Waals surface area contributed by atoms with Crippen LogP contribution in [0.3, 0.4) is 0 Å². The zero-order valence-electron chi connectivity index (χ0n) is 6.16. The molecule has 0 aliphatic rings. The van der Waals surface area contributed by atoms with Crippen molar-refractivity contribution in [3.63, 3.8) is 0 Å². The summed E-state index contributed by atoms with van der Waals surface area (Å²) in [5.74, 6) is 0. The van der Waals surface area contributed by atoms with Crippen LogP contribution >= 0.6 is 11.3 Å². The monoisotopic (exact) mass is 164 g/mol. The van der Waals surface area contributed by atoms with Gasteiger partial charge in [-0.05, 0) is 17.9 Å². The highest BCUT2D eigenvalue weighted by molar-refractivity contribution is 7.17. The van der Waals surface area contributed by atoms with Crippen LogP contribution in [-0.2, 0) is 0 Å². The largest absolute Gasteiger partial charge is 0.397 e. The van der Waals surface area contributed by atoms with E-state index >= 15 is 0 Å². The molecule has 0 bridgehead atoms. The lowest BCUT2D eigenvalue weighted by molar-refractivity contribution is 1.37. The van der Waals surface area contributed by atoms with Crippen molar-refractivity contribution in [2.75, 3.05) is 5.73 Å². The fourth-order valence-corrected chi connectivity index (χ4v) is 2.12. The van der Waals surface area contributed by atoms with Crippen molar-refractivity contribution in [1.29, 1.82) is 0 Å². The SMILES string of the molecule is Cc1csc2cncc(N)c12. The number of aryl methyl sites for hydroxylation is 1. The lowest BCUT2D eigenvalue weighted by Gasteiger charge is -1.94. The Bertz CT molecular complexity index is 392. The summed E-state index contributed by atoms with van der Waals surface area (Å²) in [6, 6.07) is 0. The van der Waals surface area contributed by atoms with E-state index in [1.165, 1.54) is 10.3 Å². The molecule has 2 rings (SSSR count). The smallest absolute Gasteiger partial charge is 0.0591 e. The molecule has 0 saturated carbocycles. The van der Waals surface area contributed by atoms with Gasteiger partial charge in [-0.2, -0.15) is 0 Å². The van der Waals surface area contributed by atoms with Crippen molar-refractivity contribution < 1.29 is 0 Å². The van der Waals surface area contributed by atoms with Gasteiger partial charge in [-0.25, -0.2) is 0 Å². The van der Waals surface area contributed by atoms with Crippen molar-refractivity contribution in [3.05, 3.63) is 23.3 Å². The first kappa shape index (κ1) is 6.61. The highest BCUT2D eigenvalue weighted by Crippen LogP contribution is 2.28. The third kappa shape index (κ3) is 0.886. The predicted octanol–water partition coefficient (Wildman–Crippen LogP) is 2.19. The normalized spacial score (nSPS) is 10.6. The molecule has 0 fully saturated rings. The van der Waals surface area contributed by atoms with Crippen LogP contribution < -0.4 is 5.73 Å². The molecular formula is C8H8N2S. The molecule has 0 amide bonds. The van der Waals surface area contributed by atoms with Gasteiger partial charge in [0.15, 0.2) is 0 Å². The fourth-order valence-electron chi connectivity index (χ4n) is 1.18. The first-order valence-electron chi connectivity index (χ1n) is 3.36. The summed E-state index contributed by atoms with van der Waals surface area (Å²) in [4.78, 5) is 4.01. The van der Waals surface area contributed by atoms with Crippen LogP contribution in [0, 0.1) is 6.92 Å². The third-order valence-electron chi connectivity index (χ3n) is 1.70. The maximum absolute atomic E-state index is 5.75. The Labute approximate surface area is 68.7 Å². The molecule has 0 saturated heterocycles. The number of aromatic nitrogens is 1. The topological polar surface area (TPSA) is 38.9 Å². The number of pyridine rings is 1. The number of nitrogens with two attached hydrogens (primary N) is 1. The second kappa shape index (κ2) is 2.20. The molecule has 0 aliphatic heterocycles. The molecule has 11 heavy (non-hydrogen) atoms. The highest BCUT2D eigenvalue weighted by atomic mass is 32.1. The van der Waals surface area contributed by atoms with Gasteiger partial charge < -0.3 is 5.73 Å². The first-order chi connectivity index (χ1) is 5.29. The average molecular weight is 164 g/mol. The van der Waals surface area contributed by atoms with Crippen LogP contribution in [0.25, 0.3) is 10.1 Å². The lowest BCUT2D eigenvalue weighted by Crippen LogP contribution is -1.86. The summed E-state index contributed by atoms with van der Waals surface area (Å²) < 4.78 is 1.17. The van der Waals surface area contributed by atoms with Crippen LogP contribution in [0.4, 0.5) is 5.69 Å². The van der Waals surface area contributed by atoms with Gasteiger partial charge >= 0.3 is 0 Å². The van der Waals surface area contributed by atoms with Gasteiger partial charge in [0.05, 0.1) is 16.6 Å². The van der Waals surface area contributed by atoms with E-state index in [4.69, 9.17) is 5.73 Å². The molecule has 2 heterocycles. The highest BCUT2D eigenvalue weighted by Gasteiger charge is 2.02. The summed E-state index contributed by atoms with van der Waals surface area (Å²) in [6.07, 6.45) is 3.55. The van der Waals surface area contributed by atoms with E-state index in [9.17, 15) is 0 Å². The van der Waals surface area contributed by atoms with E-state index in [1.807, 2.05) is 6.20 Å². The predicted molar refractivity (Wildman–Crippen MR) is 48.8 cm³/mol. The number of thiophene rings is 1. The van der Waals surface area contributed by atoms with E-state index < -0.39 is 0 Å². The van der Waals surface area contributed by atoms with Crippen LogP contribution in [0.2, 0.25) is 0 Å². The van der Waals surface area contributed by atoms with Gasteiger partial charge in [0, 0.05) is 11.6 Å². The second-order valence-corrected chi connectivity index (χ2v) is 3.43. The standard InChI is InChI=1S/C8H8N2S/c1-5-4-11-7-3-10-2-6(9)8(5)7/h2-4H,9H2,1H3. The molecule has 2 aromatic rings. The number of hydrogen-bond acceptors (Lipinski definition) is 3. The van der Waals surface area contributed by atoms with Crippen LogP contribution in [0.1, 0.15) is 5.56 Å². The number of fused-ring (bicyclic) bond motifs is 1. The molecule has 2 N–H and O–H groups in total. The van der Waals surface area contributed by atoms with Crippen molar-refractivity contribution in [2.45, 2.75) is 6.92 Å². The molecular weight excluding hydrogens is 156 g/mol. The van der Waals surface area contributed by atoms with E-state index in [1.54, 1.807) is 17.5 Å². The number of nitrogen functional groups attached to an aromatic ring is 1. The van der Waals surface area contributed by atoms with Gasteiger partial charge in [0.25, 0.3) is 0 Å². The minimum atomic E-state index is 0.779. The van der Waals surface area contributed by atoms with Gasteiger partial charge in [-0.15, -0.1) is 11.3 Å².